The highest BCUT2D eigenvalue weighted by Crippen LogP contribution is 2.21. The van der Waals surface area contributed by atoms with Gasteiger partial charge in [0.2, 0.25) is 0 Å². The fraction of sp³-hybridized carbons (Fsp3) is 0.0714. The van der Waals surface area contributed by atoms with Crippen LogP contribution in [0.1, 0.15) is 15.9 Å². The zero-order valence-corrected chi connectivity index (χ0v) is 11.9. The monoisotopic (exact) mass is 322 g/mol. The zero-order valence-electron chi connectivity index (χ0n) is 9.47. The predicted octanol–water partition coefficient (Wildman–Crippen LogP) is 4.09. The van der Waals surface area contributed by atoms with Gasteiger partial charge in [-0.05, 0) is 39.7 Å². The Hall–Kier alpha value is -1.26. The maximum atomic E-state index is 11.9. The Balaban J connectivity index is 2.06. The lowest BCUT2D eigenvalue weighted by Crippen LogP contribution is -2.06. The third-order valence-corrected chi connectivity index (χ3v) is 3.35. The standard InChI is InChI=1S/C14H11BrO2S/c15-13-7-6-11(18)8-12(13)14(16)17-9-10-4-2-1-3-5-10/h1-8,18H,9H2. The van der Waals surface area contributed by atoms with Crippen LogP contribution >= 0.6 is 28.6 Å². The minimum Gasteiger partial charge on any atom is -0.457 e. The molecule has 0 saturated heterocycles. The van der Waals surface area contributed by atoms with E-state index in [1.54, 1.807) is 18.2 Å². The summed E-state index contributed by atoms with van der Waals surface area (Å²) in [7, 11) is 0. The van der Waals surface area contributed by atoms with Crippen LogP contribution < -0.4 is 0 Å². The van der Waals surface area contributed by atoms with Gasteiger partial charge in [0.1, 0.15) is 6.61 Å². The molecule has 2 rings (SSSR count). The molecule has 0 heterocycles. The molecule has 0 saturated carbocycles. The second kappa shape index (κ2) is 6.07. The molecule has 0 aliphatic carbocycles. The number of esters is 1. The maximum Gasteiger partial charge on any atom is 0.339 e. The van der Waals surface area contributed by atoms with Crippen molar-refractivity contribution in [1.82, 2.24) is 0 Å². The van der Waals surface area contributed by atoms with Gasteiger partial charge in [0.15, 0.2) is 0 Å². The van der Waals surface area contributed by atoms with Crippen molar-refractivity contribution in [3.63, 3.8) is 0 Å². The second-order valence-electron chi connectivity index (χ2n) is 3.73. The van der Waals surface area contributed by atoms with E-state index in [1.165, 1.54) is 0 Å². The number of ether oxygens (including phenoxy) is 1. The van der Waals surface area contributed by atoms with Crippen LogP contribution in [0.5, 0.6) is 0 Å². The molecule has 0 N–H and O–H groups in total. The van der Waals surface area contributed by atoms with Gasteiger partial charge in [0, 0.05) is 9.37 Å². The Morgan fingerprint density at radius 1 is 1.17 bits per heavy atom. The Labute approximate surface area is 120 Å². The summed E-state index contributed by atoms with van der Waals surface area (Å²) in [6.07, 6.45) is 0. The average Bonchev–Trinajstić information content (AvgIpc) is 2.40. The summed E-state index contributed by atoms with van der Waals surface area (Å²) in [6.45, 7) is 0.267. The molecule has 4 heteroatoms. The molecule has 2 aromatic carbocycles. The molecule has 0 unspecified atom stereocenters. The molecule has 0 radical (unpaired) electrons. The molecule has 92 valence electrons. The van der Waals surface area contributed by atoms with Crippen LogP contribution in [-0.2, 0) is 11.3 Å². The summed E-state index contributed by atoms with van der Waals surface area (Å²) >= 11 is 7.53. The van der Waals surface area contributed by atoms with Crippen molar-refractivity contribution in [3.05, 3.63) is 64.1 Å². The van der Waals surface area contributed by atoms with Crippen molar-refractivity contribution < 1.29 is 9.53 Å². The largest absolute Gasteiger partial charge is 0.457 e. The van der Waals surface area contributed by atoms with E-state index >= 15 is 0 Å². The fourth-order valence-corrected chi connectivity index (χ4v) is 2.08. The van der Waals surface area contributed by atoms with Crippen LogP contribution in [0.4, 0.5) is 0 Å². The topological polar surface area (TPSA) is 26.3 Å². The van der Waals surface area contributed by atoms with Gasteiger partial charge in [-0.25, -0.2) is 4.79 Å². The van der Waals surface area contributed by atoms with Crippen molar-refractivity contribution >= 4 is 34.5 Å². The first kappa shape index (κ1) is 13.2. The fourth-order valence-electron chi connectivity index (χ4n) is 1.47. The van der Waals surface area contributed by atoms with E-state index in [0.29, 0.717) is 10.0 Å². The van der Waals surface area contributed by atoms with Gasteiger partial charge in [-0.3, -0.25) is 0 Å². The van der Waals surface area contributed by atoms with E-state index in [9.17, 15) is 4.79 Å². The lowest BCUT2D eigenvalue weighted by atomic mass is 10.2. The summed E-state index contributed by atoms with van der Waals surface area (Å²) in [5.41, 5.74) is 1.45. The molecule has 0 aromatic heterocycles. The normalized spacial score (nSPS) is 10.1. The first-order chi connectivity index (χ1) is 8.66. The Morgan fingerprint density at radius 2 is 1.89 bits per heavy atom. The average molecular weight is 323 g/mol. The van der Waals surface area contributed by atoms with E-state index in [-0.39, 0.29) is 12.6 Å². The van der Waals surface area contributed by atoms with Crippen molar-refractivity contribution in [2.75, 3.05) is 0 Å². The van der Waals surface area contributed by atoms with E-state index in [1.807, 2.05) is 30.3 Å². The number of carbonyl (C=O) groups is 1. The summed E-state index contributed by atoms with van der Waals surface area (Å²) in [5, 5.41) is 0. The molecule has 2 nitrogen and oxygen atoms in total. The van der Waals surface area contributed by atoms with Gasteiger partial charge in [-0.2, -0.15) is 0 Å². The highest BCUT2D eigenvalue weighted by atomic mass is 79.9. The minimum atomic E-state index is -0.360. The van der Waals surface area contributed by atoms with Crippen molar-refractivity contribution in [2.24, 2.45) is 0 Å². The van der Waals surface area contributed by atoms with Gasteiger partial charge in [-0.1, -0.05) is 30.3 Å². The summed E-state index contributed by atoms with van der Waals surface area (Å²) in [4.78, 5) is 12.6. The van der Waals surface area contributed by atoms with Gasteiger partial charge in [-0.15, -0.1) is 12.6 Å². The van der Waals surface area contributed by atoms with Gasteiger partial charge in [0.05, 0.1) is 5.56 Å². The predicted molar refractivity (Wildman–Crippen MR) is 77.0 cm³/mol. The highest BCUT2D eigenvalue weighted by molar-refractivity contribution is 9.10. The van der Waals surface area contributed by atoms with Crippen molar-refractivity contribution in [1.29, 1.82) is 0 Å². The second-order valence-corrected chi connectivity index (χ2v) is 5.10. The van der Waals surface area contributed by atoms with Gasteiger partial charge < -0.3 is 4.74 Å². The van der Waals surface area contributed by atoms with E-state index < -0.39 is 0 Å². The number of halogens is 1. The number of benzene rings is 2. The van der Waals surface area contributed by atoms with E-state index in [4.69, 9.17) is 4.74 Å². The van der Waals surface area contributed by atoms with Crippen molar-refractivity contribution in [2.45, 2.75) is 11.5 Å². The quantitative estimate of drug-likeness (QED) is 0.680. The van der Waals surface area contributed by atoms with Crippen LogP contribution in [0.15, 0.2) is 57.9 Å². The Bertz CT molecular complexity index is 555. The molecular weight excluding hydrogens is 312 g/mol. The smallest absolute Gasteiger partial charge is 0.339 e. The van der Waals surface area contributed by atoms with Gasteiger partial charge in [0.25, 0.3) is 0 Å². The minimum absolute atomic E-state index is 0.267. The molecule has 0 spiro atoms. The van der Waals surface area contributed by atoms with Crippen LogP contribution in [0.2, 0.25) is 0 Å². The molecule has 0 amide bonds. The molecule has 2 aromatic rings. The molecule has 0 fully saturated rings. The lowest BCUT2D eigenvalue weighted by Gasteiger charge is -2.07. The van der Waals surface area contributed by atoms with Crippen LogP contribution in [0, 0.1) is 0 Å². The third-order valence-electron chi connectivity index (χ3n) is 2.38. The third kappa shape index (κ3) is 3.37. The lowest BCUT2D eigenvalue weighted by molar-refractivity contribution is 0.0471. The number of thiol groups is 1. The molecule has 0 atom stereocenters. The Kier molecular flexibility index (Phi) is 4.44. The van der Waals surface area contributed by atoms with E-state index in [0.717, 1.165) is 10.5 Å². The van der Waals surface area contributed by atoms with Crippen molar-refractivity contribution in [3.8, 4) is 0 Å². The highest BCUT2D eigenvalue weighted by Gasteiger charge is 2.11. The van der Waals surface area contributed by atoms with Crippen LogP contribution in [-0.4, -0.2) is 5.97 Å². The number of hydrogen-bond acceptors (Lipinski definition) is 3. The maximum absolute atomic E-state index is 11.9. The SMILES string of the molecule is O=C(OCc1ccccc1)c1cc(S)ccc1Br. The molecular formula is C14H11BrO2S. The Morgan fingerprint density at radius 3 is 2.61 bits per heavy atom. The first-order valence-electron chi connectivity index (χ1n) is 5.36. The number of carbonyl (C=O) groups excluding carboxylic acids is 1. The zero-order chi connectivity index (χ0) is 13.0. The molecule has 0 bridgehead atoms. The first-order valence-corrected chi connectivity index (χ1v) is 6.60. The molecule has 18 heavy (non-hydrogen) atoms. The number of rotatable bonds is 3. The van der Waals surface area contributed by atoms with Gasteiger partial charge >= 0.3 is 5.97 Å². The van der Waals surface area contributed by atoms with Crippen LogP contribution in [0.3, 0.4) is 0 Å². The summed E-state index contributed by atoms with van der Waals surface area (Å²) < 4.78 is 5.95. The number of hydrogen-bond donors (Lipinski definition) is 1. The van der Waals surface area contributed by atoms with E-state index in [2.05, 4.69) is 28.6 Å². The summed E-state index contributed by atoms with van der Waals surface area (Å²) in [5.74, 6) is -0.360. The molecule has 0 aliphatic heterocycles. The molecule has 0 aliphatic rings. The summed E-state index contributed by atoms with van der Waals surface area (Å²) in [6, 6.07) is 14.8. The van der Waals surface area contributed by atoms with Crippen LogP contribution in [0.25, 0.3) is 0 Å².